The van der Waals surface area contributed by atoms with Gasteiger partial charge in [0.15, 0.2) is 0 Å². The number of dihydropyridines is 1. The predicted molar refractivity (Wildman–Crippen MR) is 87.5 cm³/mol. The van der Waals surface area contributed by atoms with E-state index < -0.39 is 0 Å². The second-order valence-electron chi connectivity index (χ2n) is 5.86. The zero-order valence-corrected chi connectivity index (χ0v) is 13.4. The van der Waals surface area contributed by atoms with Crippen molar-refractivity contribution in [3.05, 3.63) is 34.3 Å². The van der Waals surface area contributed by atoms with Crippen molar-refractivity contribution < 1.29 is 0 Å². The third-order valence-electron chi connectivity index (χ3n) is 3.08. The molecule has 0 unspecified atom stereocenters. The van der Waals surface area contributed by atoms with E-state index in [0.29, 0.717) is 6.04 Å². The molecule has 2 aliphatic rings. The average Bonchev–Trinajstić information content (AvgIpc) is 2.27. The van der Waals surface area contributed by atoms with Gasteiger partial charge in [-0.25, -0.2) is 0 Å². The van der Waals surface area contributed by atoms with Crippen molar-refractivity contribution in [1.29, 1.82) is 0 Å². The lowest BCUT2D eigenvalue weighted by Crippen LogP contribution is -2.26. The molecule has 0 saturated carbocycles. The van der Waals surface area contributed by atoms with Crippen molar-refractivity contribution in [2.75, 3.05) is 6.26 Å². The Kier molecular flexibility index (Phi) is 3.86. The molecule has 2 nitrogen and oxygen atoms in total. The number of hydrogen-bond donors (Lipinski definition) is 0. The van der Waals surface area contributed by atoms with Crippen LogP contribution in [0.4, 0.5) is 0 Å². The molecule has 0 aromatic carbocycles. The van der Waals surface area contributed by atoms with Gasteiger partial charge in [-0.2, -0.15) is 0 Å². The van der Waals surface area contributed by atoms with Gasteiger partial charge in [-0.1, -0.05) is 6.08 Å². The smallest absolute Gasteiger partial charge is 0.0796 e. The van der Waals surface area contributed by atoms with Crippen LogP contribution in [0.3, 0.4) is 0 Å². The van der Waals surface area contributed by atoms with Gasteiger partial charge in [-0.05, 0) is 58.6 Å². The van der Waals surface area contributed by atoms with Crippen molar-refractivity contribution in [3.8, 4) is 0 Å². The van der Waals surface area contributed by atoms with Gasteiger partial charge in [-0.3, -0.25) is 9.98 Å². The minimum absolute atomic E-state index is 0.113. The molecule has 0 radical (unpaired) electrons. The van der Waals surface area contributed by atoms with E-state index in [4.69, 9.17) is 4.99 Å². The first-order chi connectivity index (χ1) is 8.82. The van der Waals surface area contributed by atoms with E-state index >= 15 is 0 Å². The fourth-order valence-corrected chi connectivity index (χ4v) is 3.05. The molecule has 0 spiro atoms. The van der Waals surface area contributed by atoms with E-state index in [0.717, 1.165) is 11.4 Å². The zero-order valence-electron chi connectivity index (χ0n) is 12.6. The molecule has 1 aliphatic carbocycles. The van der Waals surface area contributed by atoms with Crippen LogP contribution in [0.1, 0.15) is 34.6 Å². The van der Waals surface area contributed by atoms with Crippen LogP contribution >= 0.6 is 11.8 Å². The summed E-state index contributed by atoms with van der Waals surface area (Å²) < 4.78 is 0. The van der Waals surface area contributed by atoms with E-state index in [1.807, 2.05) is 0 Å². The Labute approximate surface area is 120 Å². The van der Waals surface area contributed by atoms with Gasteiger partial charge < -0.3 is 0 Å². The Morgan fingerprint density at radius 2 is 1.95 bits per heavy atom. The molecule has 0 aromatic heterocycles. The predicted octanol–water partition coefficient (Wildman–Crippen LogP) is 4.20. The first-order valence-electron chi connectivity index (χ1n) is 6.68. The molecule has 3 heteroatoms. The van der Waals surface area contributed by atoms with E-state index in [1.165, 1.54) is 16.1 Å². The van der Waals surface area contributed by atoms with Gasteiger partial charge in [0.1, 0.15) is 0 Å². The average molecular weight is 274 g/mol. The maximum atomic E-state index is 4.88. The van der Waals surface area contributed by atoms with Crippen molar-refractivity contribution in [2.45, 2.75) is 46.2 Å². The van der Waals surface area contributed by atoms with E-state index in [2.05, 4.69) is 64.1 Å². The van der Waals surface area contributed by atoms with Gasteiger partial charge in [-0.15, -0.1) is 11.8 Å². The van der Waals surface area contributed by atoms with Crippen LogP contribution in [0.25, 0.3) is 0 Å². The van der Waals surface area contributed by atoms with E-state index in [9.17, 15) is 0 Å². The molecule has 0 amide bonds. The number of fused-ring (bicyclic) bond motifs is 1. The normalized spacial score (nSPS) is 23.6. The number of nitrogens with zero attached hydrogens (tertiary/aromatic N) is 2. The summed E-state index contributed by atoms with van der Waals surface area (Å²) in [6.07, 6.45) is 8.66. The van der Waals surface area contributed by atoms with Gasteiger partial charge in [0, 0.05) is 16.5 Å². The molecule has 2 rings (SSSR count). The molecule has 0 fully saturated rings. The molecule has 1 aliphatic heterocycles. The summed E-state index contributed by atoms with van der Waals surface area (Å²) in [5.74, 6) is 0. The van der Waals surface area contributed by atoms with Gasteiger partial charge in [0.25, 0.3) is 0 Å². The lowest BCUT2D eigenvalue weighted by molar-refractivity contribution is 0.648. The maximum absolute atomic E-state index is 4.88. The maximum Gasteiger partial charge on any atom is 0.0796 e. The van der Waals surface area contributed by atoms with Crippen LogP contribution in [0.5, 0.6) is 0 Å². The standard InChI is InChI=1S/C16H22N2S/c1-10(2)17-12-7-13-11(3)9-16(4,5)18-15(13)14(8-12)19-6/h7-10H,1-6H3. The summed E-state index contributed by atoms with van der Waals surface area (Å²) >= 11 is 1.75. The Balaban J connectivity index is 2.53. The minimum Gasteiger partial charge on any atom is -0.283 e. The molecule has 0 bridgehead atoms. The van der Waals surface area contributed by atoms with E-state index in [1.54, 1.807) is 11.8 Å². The third kappa shape index (κ3) is 3.08. The van der Waals surface area contributed by atoms with Crippen molar-refractivity contribution in [1.82, 2.24) is 0 Å². The number of hydrogen-bond acceptors (Lipinski definition) is 3. The molecule has 19 heavy (non-hydrogen) atoms. The van der Waals surface area contributed by atoms with Crippen LogP contribution < -0.4 is 0 Å². The fraction of sp³-hybridized carbons (Fsp3) is 0.500. The van der Waals surface area contributed by atoms with E-state index in [-0.39, 0.29) is 5.54 Å². The summed E-state index contributed by atoms with van der Waals surface area (Å²) in [7, 11) is 0. The minimum atomic E-state index is -0.113. The second-order valence-corrected chi connectivity index (χ2v) is 6.71. The van der Waals surface area contributed by atoms with Crippen LogP contribution in [0.2, 0.25) is 0 Å². The highest BCUT2D eigenvalue weighted by molar-refractivity contribution is 8.03. The number of rotatable bonds is 2. The zero-order chi connectivity index (χ0) is 14.2. The summed E-state index contributed by atoms with van der Waals surface area (Å²) in [6, 6.07) is 0.314. The monoisotopic (exact) mass is 274 g/mol. The van der Waals surface area contributed by atoms with Crippen molar-refractivity contribution >= 4 is 23.2 Å². The largest absolute Gasteiger partial charge is 0.283 e. The molecular formula is C16H22N2S. The topological polar surface area (TPSA) is 24.7 Å². The summed E-state index contributed by atoms with van der Waals surface area (Å²) in [5.41, 5.74) is 4.59. The molecule has 0 N–H and O–H groups in total. The van der Waals surface area contributed by atoms with Gasteiger partial charge >= 0.3 is 0 Å². The number of aliphatic imine (C=N–C) groups is 2. The second kappa shape index (κ2) is 5.12. The SMILES string of the molecule is CSC1=CC(=NC(C)C)C=C2C(C)=CC(C)(C)N=C12. The first kappa shape index (κ1) is 14.3. The fourth-order valence-electron chi connectivity index (χ4n) is 2.47. The van der Waals surface area contributed by atoms with Gasteiger partial charge in [0.2, 0.25) is 0 Å². The Morgan fingerprint density at radius 3 is 2.53 bits per heavy atom. The molecule has 0 saturated heterocycles. The Bertz CT molecular complexity index is 543. The Morgan fingerprint density at radius 1 is 1.26 bits per heavy atom. The highest BCUT2D eigenvalue weighted by Gasteiger charge is 2.28. The third-order valence-corrected chi connectivity index (χ3v) is 3.83. The lowest BCUT2D eigenvalue weighted by Gasteiger charge is -2.29. The molecule has 0 atom stereocenters. The molecule has 0 aromatic rings. The summed E-state index contributed by atoms with van der Waals surface area (Å²) in [5, 5.41) is 0. The summed E-state index contributed by atoms with van der Waals surface area (Å²) in [6.45, 7) is 10.7. The highest BCUT2D eigenvalue weighted by atomic mass is 32.2. The lowest BCUT2D eigenvalue weighted by atomic mass is 9.88. The first-order valence-corrected chi connectivity index (χ1v) is 7.90. The molecule has 102 valence electrons. The van der Waals surface area contributed by atoms with Crippen molar-refractivity contribution in [3.63, 3.8) is 0 Å². The highest BCUT2D eigenvalue weighted by Crippen LogP contribution is 2.34. The van der Waals surface area contributed by atoms with Crippen LogP contribution in [-0.2, 0) is 0 Å². The quantitative estimate of drug-likeness (QED) is 0.693. The van der Waals surface area contributed by atoms with Crippen LogP contribution in [-0.4, -0.2) is 29.3 Å². The summed E-state index contributed by atoms with van der Waals surface area (Å²) in [4.78, 5) is 10.8. The van der Waals surface area contributed by atoms with Crippen LogP contribution in [0.15, 0.2) is 44.3 Å². The van der Waals surface area contributed by atoms with Crippen LogP contribution in [0, 0.1) is 0 Å². The number of allylic oxidation sites excluding steroid dienone is 5. The Hall–Kier alpha value is -1.09. The number of thioether (sulfide) groups is 1. The molecular weight excluding hydrogens is 252 g/mol. The molecule has 1 heterocycles. The van der Waals surface area contributed by atoms with Crippen molar-refractivity contribution in [2.24, 2.45) is 9.98 Å². The van der Waals surface area contributed by atoms with Gasteiger partial charge in [0.05, 0.1) is 17.0 Å².